The number of benzene rings is 2. The van der Waals surface area contributed by atoms with Crippen LogP contribution in [0.2, 0.25) is 0 Å². The number of hydrogen-bond acceptors (Lipinski definition) is 5. The summed E-state index contributed by atoms with van der Waals surface area (Å²) < 4.78 is 50.5. The fraction of sp³-hybridized carbons (Fsp3) is 0.0526. The van der Waals surface area contributed by atoms with Crippen LogP contribution in [0.25, 0.3) is 0 Å². The van der Waals surface area contributed by atoms with E-state index in [1.165, 1.54) is 12.3 Å². The molecule has 2 N–H and O–H groups in total. The maximum Gasteiger partial charge on any atom is 0.259 e. The van der Waals surface area contributed by atoms with Crippen LogP contribution in [0, 0.1) is 17.5 Å². The Morgan fingerprint density at radius 3 is 2.50 bits per heavy atom. The van der Waals surface area contributed by atoms with E-state index in [9.17, 15) is 18.0 Å². The second kappa shape index (κ2) is 7.10. The number of amides is 1. The lowest BCUT2D eigenvalue weighted by atomic mass is 10.2. The number of carbonyl (C=O) groups excluding carboxylic acids is 1. The Hall–Kier alpha value is -3.75. The van der Waals surface area contributed by atoms with Crippen molar-refractivity contribution in [2.45, 2.75) is 0 Å². The Labute approximate surface area is 156 Å². The molecule has 2 aromatic carbocycles. The van der Waals surface area contributed by atoms with Crippen molar-refractivity contribution in [1.82, 2.24) is 4.98 Å². The number of aromatic nitrogens is 1. The first-order valence-electron chi connectivity index (χ1n) is 8.09. The van der Waals surface area contributed by atoms with Crippen LogP contribution < -0.4 is 20.1 Å². The smallest absolute Gasteiger partial charge is 0.259 e. The van der Waals surface area contributed by atoms with Crippen molar-refractivity contribution < 1.29 is 27.4 Å². The van der Waals surface area contributed by atoms with Gasteiger partial charge in [0.15, 0.2) is 29.0 Å². The molecule has 28 heavy (non-hydrogen) atoms. The number of nitrogens with zero attached hydrogens (tertiary/aromatic N) is 1. The van der Waals surface area contributed by atoms with Gasteiger partial charge in [0, 0.05) is 11.8 Å². The van der Waals surface area contributed by atoms with Crippen molar-refractivity contribution in [2.75, 3.05) is 17.4 Å². The highest BCUT2D eigenvalue weighted by molar-refractivity contribution is 6.04. The third-order valence-electron chi connectivity index (χ3n) is 3.95. The quantitative estimate of drug-likeness (QED) is 0.656. The van der Waals surface area contributed by atoms with E-state index in [4.69, 9.17) is 9.47 Å². The van der Waals surface area contributed by atoms with Crippen LogP contribution in [0.5, 0.6) is 11.5 Å². The summed E-state index contributed by atoms with van der Waals surface area (Å²) in [7, 11) is 0. The Morgan fingerprint density at radius 2 is 1.71 bits per heavy atom. The Balaban J connectivity index is 1.45. The summed E-state index contributed by atoms with van der Waals surface area (Å²) in [6.07, 6.45) is 1.45. The summed E-state index contributed by atoms with van der Waals surface area (Å²) >= 11 is 0. The zero-order valence-electron chi connectivity index (χ0n) is 14.1. The summed E-state index contributed by atoms with van der Waals surface area (Å²) in [5, 5.41) is 5.43. The standard InChI is InChI=1S/C19H12F3N3O3/c20-13-4-3-12(17(21)18(13)22)19(26)25-16-6-2-11(8-23-16)24-10-1-5-14-15(7-10)28-9-27-14/h1-8,24H,9H2,(H,23,25,26). The van der Waals surface area contributed by atoms with Gasteiger partial charge in [-0.2, -0.15) is 0 Å². The van der Waals surface area contributed by atoms with E-state index >= 15 is 0 Å². The van der Waals surface area contributed by atoms with Gasteiger partial charge < -0.3 is 20.1 Å². The van der Waals surface area contributed by atoms with E-state index in [1.54, 1.807) is 24.3 Å². The van der Waals surface area contributed by atoms with Gasteiger partial charge in [0.1, 0.15) is 5.82 Å². The first-order valence-corrected chi connectivity index (χ1v) is 8.09. The molecule has 2 heterocycles. The monoisotopic (exact) mass is 387 g/mol. The van der Waals surface area contributed by atoms with Crippen molar-refractivity contribution in [1.29, 1.82) is 0 Å². The van der Waals surface area contributed by atoms with Crippen LogP contribution in [0.3, 0.4) is 0 Å². The van der Waals surface area contributed by atoms with E-state index in [0.29, 0.717) is 23.3 Å². The molecule has 0 bridgehead atoms. The maximum atomic E-state index is 13.7. The molecular formula is C19H12F3N3O3. The predicted molar refractivity (Wildman–Crippen MR) is 94.4 cm³/mol. The number of fused-ring (bicyclic) bond motifs is 1. The number of pyridine rings is 1. The van der Waals surface area contributed by atoms with Crippen molar-refractivity contribution in [3.63, 3.8) is 0 Å². The third kappa shape index (κ3) is 3.41. The number of carbonyl (C=O) groups is 1. The third-order valence-corrected chi connectivity index (χ3v) is 3.95. The molecule has 142 valence electrons. The van der Waals surface area contributed by atoms with E-state index in [-0.39, 0.29) is 12.6 Å². The predicted octanol–water partition coefficient (Wildman–Crippen LogP) is 4.22. The molecule has 0 unspecified atom stereocenters. The van der Waals surface area contributed by atoms with E-state index in [0.717, 1.165) is 11.8 Å². The van der Waals surface area contributed by atoms with Gasteiger partial charge in [0.2, 0.25) is 6.79 Å². The number of nitrogens with one attached hydrogen (secondary N) is 2. The van der Waals surface area contributed by atoms with Gasteiger partial charge in [-0.05, 0) is 36.4 Å². The molecule has 0 atom stereocenters. The normalized spacial score (nSPS) is 12.0. The molecule has 1 amide bonds. The molecule has 0 saturated carbocycles. The lowest BCUT2D eigenvalue weighted by Gasteiger charge is -2.09. The topological polar surface area (TPSA) is 72.5 Å². The van der Waals surface area contributed by atoms with E-state index in [2.05, 4.69) is 15.6 Å². The van der Waals surface area contributed by atoms with Crippen LogP contribution in [0.4, 0.5) is 30.4 Å². The second-order valence-electron chi connectivity index (χ2n) is 5.80. The fourth-order valence-electron chi connectivity index (χ4n) is 2.57. The average molecular weight is 387 g/mol. The molecule has 0 fully saturated rings. The number of rotatable bonds is 4. The van der Waals surface area contributed by atoms with Crippen LogP contribution in [-0.2, 0) is 0 Å². The summed E-state index contributed by atoms with van der Waals surface area (Å²) in [4.78, 5) is 16.1. The highest BCUT2D eigenvalue weighted by Gasteiger charge is 2.19. The van der Waals surface area contributed by atoms with Crippen molar-refractivity contribution in [3.05, 3.63) is 71.7 Å². The highest BCUT2D eigenvalue weighted by Crippen LogP contribution is 2.35. The molecule has 9 heteroatoms. The molecular weight excluding hydrogens is 375 g/mol. The van der Waals surface area contributed by atoms with Crippen LogP contribution in [0.15, 0.2) is 48.7 Å². The molecule has 3 aromatic rings. The van der Waals surface area contributed by atoms with Crippen LogP contribution in [-0.4, -0.2) is 17.7 Å². The SMILES string of the molecule is O=C(Nc1ccc(Nc2ccc3c(c2)OCO3)cn1)c1ccc(F)c(F)c1F. The first kappa shape index (κ1) is 17.7. The largest absolute Gasteiger partial charge is 0.454 e. The minimum atomic E-state index is -1.70. The molecule has 0 radical (unpaired) electrons. The molecule has 0 spiro atoms. The van der Waals surface area contributed by atoms with Crippen LogP contribution >= 0.6 is 0 Å². The van der Waals surface area contributed by atoms with Crippen molar-refractivity contribution >= 4 is 23.1 Å². The van der Waals surface area contributed by atoms with Gasteiger partial charge in [0.05, 0.1) is 17.4 Å². The molecule has 6 nitrogen and oxygen atoms in total. The number of hydrogen-bond donors (Lipinski definition) is 2. The van der Waals surface area contributed by atoms with Gasteiger partial charge in [0.25, 0.3) is 5.91 Å². The number of halogens is 3. The van der Waals surface area contributed by atoms with Gasteiger partial charge >= 0.3 is 0 Å². The lowest BCUT2D eigenvalue weighted by Crippen LogP contribution is -2.16. The lowest BCUT2D eigenvalue weighted by molar-refractivity contribution is 0.102. The Kier molecular flexibility index (Phi) is 4.48. The van der Waals surface area contributed by atoms with Gasteiger partial charge in [-0.3, -0.25) is 4.79 Å². The minimum Gasteiger partial charge on any atom is -0.454 e. The fourth-order valence-corrected chi connectivity index (χ4v) is 2.57. The minimum absolute atomic E-state index is 0.116. The summed E-state index contributed by atoms with van der Waals surface area (Å²) in [6.45, 7) is 0.174. The Bertz CT molecular complexity index is 1060. The summed E-state index contributed by atoms with van der Waals surface area (Å²) in [6, 6.07) is 9.99. The van der Waals surface area contributed by atoms with Gasteiger partial charge in [-0.15, -0.1) is 0 Å². The number of anilines is 3. The van der Waals surface area contributed by atoms with Crippen molar-refractivity contribution in [2.24, 2.45) is 0 Å². The molecule has 0 aliphatic carbocycles. The molecule has 4 rings (SSSR count). The number of ether oxygens (including phenoxy) is 2. The molecule has 1 aliphatic heterocycles. The van der Waals surface area contributed by atoms with Crippen LogP contribution in [0.1, 0.15) is 10.4 Å². The molecule has 0 saturated heterocycles. The molecule has 1 aromatic heterocycles. The first-order chi connectivity index (χ1) is 13.5. The second-order valence-corrected chi connectivity index (χ2v) is 5.80. The molecule has 1 aliphatic rings. The summed E-state index contributed by atoms with van der Waals surface area (Å²) in [5.41, 5.74) is 0.742. The van der Waals surface area contributed by atoms with Gasteiger partial charge in [-0.1, -0.05) is 0 Å². The highest BCUT2D eigenvalue weighted by atomic mass is 19.2. The van der Waals surface area contributed by atoms with Crippen molar-refractivity contribution in [3.8, 4) is 11.5 Å². The van der Waals surface area contributed by atoms with E-state index < -0.39 is 28.9 Å². The summed E-state index contributed by atoms with van der Waals surface area (Å²) in [5.74, 6) is -4.18. The van der Waals surface area contributed by atoms with E-state index in [1.807, 2.05) is 0 Å². The van der Waals surface area contributed by atoms with Gasteiger partial charge in [-0.25, -0.2) is 18.2 Å². The zero-order valence-corrected chi connectivity index (χ0v) is 14.1. The maximum absolute atomic E-state index is 13.7. The Morgan fingerprint density at radius 1 is 0.929 bits per heavy atom. The average Bonchev–Trinajstić information content (AvgIpc) is 3.15. The zero-order chi connectivity index (χ0) is 19.7.